The van der Waals surface area contributed by atoms with Crippen molar-refractivity contribution in [1.82, 2.24) is 0 Å². The Morgan fingerprint density at radius 3 is 1.95 bits per heavy atom. The highest BCUT2D eigenvalue weighted by molar-refractivity contribution is 6.02. The van der Waals surface area contributed by atoms with Crippen molar-refractivity contribution in [2.75, 3.05) is 38.0 Å². The molecule has 0 unspecified atom stereocenters. The molecule has 0 saturated carbocycles. The van der Waals surface area contributed by atoms with Gasteiger partial charge < -0.3 is 24.4 Å². The van der Waals surface area contributed by atoms with Crippen molar-refractivity contribution in [2.24, 2.45) is 0 Å². The topological polar surface area (TPSA) is 79.3 Å². The number of ether oxygens (including phenoxy) is 2. The van der Waals surface area contributed by atoms with Gasteiger partial charge in [-0.1, -0.05) is 24.3 Å². The lowest BCUT2D eigenvalue weighted by atomic mass is 9.77. The molecule has 0 saturated heterocycles. The molecule has 7 nitrogen and oxygen atoms in total. The number of nitrogens with zero attached hydrogens (tertiary/aromatic N) is 2. The second-order valence-corrected chi connectivity index (χ2v) is 11.0. The van der Waals surface area contributed by atoms with Crippen LogP contribution in [0.2, 0.25) is 0 Å². The molecular formula is C34H32N2O5. The van der Waals surface area contributed by atoms with Crippen molar-refractivity contribution in [2.45, 2.75) is 24.9 Å². The second kappa shape index (κ2) is 10.0. The first kappa shape index (κ1) is 26.4. The maximum atomic E-state index is 13.5. The first-order valence-corrected chi connectivity index (χ1v) is 13.7. The van der Waals surface area contributed by atoms with Crippen molar-refractivity contribution in [3.63, 3.8) is 0 Å². The molecule has 0 atom stereocenters. The van der Waals surface area contributed by atoms with E-state index in [2.05, 4.69) is 0 Å². The Balaban J connectivity index is 1.38. The van der Waals surface area contributed by atoms with E-state index in [-0.39, 0.29) is 11.5 Å². The van der Waals surface area contributed by atoms with Crippen molar-refractivity contribution >= 4 is 23.1 Å². The summed E-state index contributed by atoms with van der Waals surface area (Å²) in [5, 5.41) is 9.48. The van der Waals surface area contributed by atoms with Gasteiger partial charge in [0.2, 0.25) is 0 Å². The van der Waals surface area contributed by atoms with Crippen molar-refractivity contribution < 1.29 is 24.2 Å². The summed E-state index contributed by atoms with van der Waals surface area (Å²) < 4.78 is 12.8. The van der Waals surface area contributed by atoms with Crippen molar-refractivity contribution in [3.8, 4) is 17.2 Å². The van der Waals surface area contributed by atoms with Crippen LogP contribution in [-0.2, 0) is 16.8 Å². The van der Waals surface area contributed by atoms with E-state index in [1.54, 1.807) is 24.3 Å². The zero-order valence-electron chi connectivity index (χ0n) is 23.6. The number of anilines is 2. The molecule has 6 rings (SSSR count). The summed E-state index contributed by atoms with van der Waals surface area (Å²) in [6.07, 6.45) is 1.73. The fourth-order valence-electron chi connectivity index (χ4n) is 5.70. The molecule has 0 fully saturated rings. The molecule has 0 radical (unpaired) electrons. The minimum atomic E-state index is -1.19. The van der Waals surface area contributed by atoms with Crippen molar-refractivity contribution in [3.05, 3.63) is 112 Å². The van der Waals surface area contributed by atoms with Crippen LogP contribution in [0.3, 0.4) is 0 Å². The number of rotatable bonds is 7. The van der Waals surface area contributed by atoms with Crippen LogP contribution in [0, 0.1) is 0 Å². The number of Topliss-reactive ketones (excluding diaryl/α,β-unsaturated/α-hetero) is 1. The predicted molar refractivity (Wildman–Crippen MR) is 159 cm³/mol. The molecule has 0 aliphatic carbocycles. The van der Waals surface area contributed by atoms with Crippen LogP contribution in [0.25, 0.3) is 0 Å². The number of ketones is 1. The quantitative estimate of drug-likeness (QED) is 0.215. The summed E-state index contributed by atoms with van der Waals surface area (Å²) >= 11 is 0. The third-order valence-electron chi connectivity index (χ3n) is 7.93. The van der Waals surface area contributed by atoms with E-state index in [1.165, 1.54) is 0 Å². The van der Waals surface area contributed by atoms with E-state index in [4.69, 9.17) is 9.47 Å². The summed E-state index contributed by atoms with van der Waals surface area (Å²) in [5.74, 6) is 0.966. The van der Waals surface area contributed by atoms with E-state index >= 15 is 0 Å². The molecule has 4 aromatic rings. The van der Waals surface area contributed by atoms with Gasteiger partial charge in [0, 0.05) is 80.4 Å². The minimum Gasteiger partial charge on any atom is -0.508 e. The van der Waals surface area contributed by atoms with Gasteiger partial charge in [0.25, 0.3) is 0 Å². The Kier molecular flexibility index (Phi) is 6.45. The van der Waals surface area contributed by atoms with E-state index in [9.17, 15) is 14.7 Å². The molecule has 4 aromatic carbocycles. The van der Waals surface area contributed by atoms with Gasteiger partial charge in [-0.15, -0.1) is 0 Å². The molecule has 41 heavy (non-hydrogen) atoms. The molecule has 0 aromatic heterocycles. The number of phenolic OH excluding ortho intramolecular Hbond substituents is 1. The number of benzene rings is 4. The average molecular weight is 549 g/mol. The fraction of sp³-hybridized carbons (Fsp3) is 0.235. The summed E-state index contributed by atoms with van der Waals surface area (Å²) in [6, 6.07) is 24.1. The SMILES string of the molecule is CN(C)c1ccc2c(c1)Oc1cc(N(C)C)ccc1C21OC(=O)c2cc(C(=O)CCCc3ccc(O)cc3)ccc21. The Hall–Kier alpha value is -4.78. The first-order chi connectivity index (χ1) is 19.7. The highest BCUT2D eigenvalue weighted by Crippen LogP contribution is 2.57. The standard InChI is InChI=1S/C34H32N2O5/c1-35(2)23-11-16-28-31(19-23)40-32-20-24(36(3)4)12-17-29(32)34(28)27-15-10-22(18-26(27)33(39)41-34)30(38)7-5-6-21-8-13-25(37)14-9-21/h8-20,37H,5-7H2,1-4H3. The number of hydrogen-bond donors (Lipinski definition) is 1. The third-order valence-corrected chi connectivity index (χ3v) is 7.93. The fourth-order valence-corrected chi connectivity index (χ4v) is 5.70. The van der Waals surface area contributed by atoms with Gasteiger partial charge >= 0.3 is 5.97 Å². The molecule has 2 heterocycles. The largest absolute Gasteiger partial charge is 0.508 e. The van der Waals surface area contributed by atoms with Gasteiger partial charge in [0.1, 0.15) is 17.2 Å². The maximum Gasteiger partial charge on any atom is 0.340 e. The number of carbonyl (C=O) groups excluding carboxylic acids is 2. The van der Waals surface area contributed by atoms with Gasteiger partial charge in [0.15, 0.2) is 11.4 Å². The summed E-state index contributed by atoms with van der Waals surface area (Å²) in [5.41, 5.74) is 4.86. The normalized spacial score (nSPS) is 14.0. The van der Waals surface area contributed by atoms with E-state index in [1.807, 2.05) is 92.6 Å². The number of esters is 1. The monoisotopic (exact) mass is 548 g/mol. The molecule has 0 bridgehead atoms. The van der Waals surface area contributed by atoms with E-state index in [0.717, 1.165) is 34.5 Å². The molecule has 1 N–H and O–H groups in total. The van der Waals surface area contributed by atoms with Gasteiger partial charge in [-0.25, -0.2) is 4.79 Å². The number of aromatic hydroxyl groups is 1. The highest BCUT2D eigenvalue weighted by Gasteiger charge is 2.53. The third kappa shape index (κ3) is 4.47. The number of aryl methyl sites for hydroxylation is 1. The van der Waals surface area contributed by atoms with E-state index < -0.39 is 11.6 Å². The average Bonchev–Trinajstić information content (AvgIpc) is 3.25. The van der Waals surface area contributed by atoms with Crippen LogP contribution in [0.1, 0.15) is 55.8 Å². The molecular weight excluding hydrogens is 516 g/mol. The second-order valence-electron chi connectivity index (χ2n) is 11.0. The van der Waals surface area contributed by atoms with Gasteiger partial charge in [-0.3, -0.25) is 4.79 Å². The van der Waals surface area contributed by atoms with Gasteiger partial charge in [0.05, 0.1) is 5.56 Å². The lowest BCUT2D eigenvalue weighted by molar-refractivity contribution is 0.0224. The Morgan fingerprint density at radius 1 is 0.780 bits per heavy atom. The van der Waals surface area contributed by atoms with Crippen LogP contribution in [-0.4, -0.2) is 45.0 Å². The summed E-state index contributed by atoms with van der Waals surface area (Å²) in [4.78, 5) is 30.6. The zero-order chi connectivity index (χ0) is 28.9. The number of fused-ring (bicyclic) bond motifs is 6. The maximum absolute atomic E-state index is 13.5. The van der Waals surface area contributed by atoms with Gasteiger partial charge in [-0.05, 0) is 60.9 Å². The molecule has 2 aliphatic rings. The molecule has 1 spiro atoms. The molecule has 0 amide bonds. The Labute approximate surface area is 239 Å². The molecule has 208 valence electrons. The Morgan fingerprint density at radius 2 is 1.37 bits per heavy atom. The van der Waals surface area contributed by atoms with Crippen LogP contribution < -0.4 is 14.5 Å². The molecule has 2 aliphatic heterocycles. The minimum absolute atomic E-state index is 0.0284. The highest BCUT2D eigenvalue weighted by atomic mass is 16.6. The number of carbonyl (C=O) groups is 2. The lowest BCUT2D eigenvalue weighted by Crippen LogP contribution is -2.33. The van der Waals surface area contributed by atoms with Crippen molar-refractivity contribution in [1.29, 1.82) is 0 Å². The van der Waals surface area contributed by atoms with E-state index in [0.29, 0.717) is 41.0 Å². The molecule has 7 heteroatoms. The lowest BCUT2D eigenvalue weighted by Gasteiger charge is -2.37. The van der Waals surface area contributed by atoms with Crippen LogP contribution in [0.4, 0.5) is 11.4 Å². The van der Waals surface area contributed by atoms with Gasteiger partial charge in [-0.2, -0.15) is 0 Å². The summed E-state index contributed by atoms with van der Waals surface area (Å²) in [6.45, 7) is 0. The zero-order valence-corrected chi connectivity index (χ0v) is 23.6. The smallest absolute Gasteiger partial charge is 0.340 e. The predicted octanol–water partition coefficient (Wildman–Crippen LogP) is 6.30. The number of hydrogen-bond acceptors (Lipinski definition) is 7. The van der Waals surface area contributed by atoms with Crippen LogP contribution >= 0.6 is 0 Å². The van der Waals surface area contributed by atoms with Crippen LogP contribution in [0.15, 0.2) is 78.9 Å². The first-order valence-electron chi connectivity index (χ1n) is 13.7. The number of phenols is 1. The summed E-state index contributed by atoms with van der Waals surface area (Å²) in [7, 11) is 7.86. The van der Waals surface area contributed by atoms with Crippen LogP contribution in [0.5, 0.6) is 17.2 Å². The Bertz CT molecular complexity index is 1620.